The van der Waals surface area contributed by atoms with E-state index in [0.29, 0.717) is 22.2 Å². The Morgan fingerprint density at radius 1 is 1.13 bits per heavy atom. The molecule has 3 nitrogen and oxygen atoms in total. The number of amides is 1. The molecule has 0 saturated carbocycles. The van der Waals surface area contributed by atoms with E-state index in [-0.39, 0.29) is 24.1 Å². The maximum Gasteiger partial charge on any atom is 0.270 e. The zero-order chi connectivity index (χ0) is 16.6. The molecule has 0 spiro atoms. The Balaban J connectivity index is 1.91. The summed E-state index contributed by atoms with van der Waals surface area (Å²) < 4.78 is 28.8. The topological polar surface area (TPSA) is 25.2 Å². The molecule has 2 aromatic carbocycles. The first-order valence-electron chi connectivity index (χ1n) is 7.21. The van der Waals surface area contributed by atoms with Crippen molar-refractivity contribution in [2.75, 3.05) is 7.05 Å². The van der Waals surface area contributed by atoms with Gasteiger partial charge in [-0.3, -0.25) is 4.79 Å². The predicted molar refractivity (Wildman–Crippen MR) is 85.1 cm³/mol. The number of rotatable bonds is 3. The van der Waals surface area contributed by atoms with Crippen LogP contribution < -0.4 is 0 Å². The van der Waals surface area contributed by atoms with Gasteiger partial charge in [0.15, 0.2) is 0 Å². The van der Waals surface area contributed by atoms with Gasteiger partial charge in [-0.15, -0.1) is 0 Å². The quantitative estimate of drug-likeness (QED) is 0.723. The van der Waals surface area contributed by atoms with Gasteiger partial charge in [0.05, 0.1) is 5.52 Å². The molecule has 5 heteroatoms. The molecule has 23 heavy (non-hydrogen) atoms. The third-order valence-electron chi connectivity index (χ3n) is 3.91. The molecule has 0 unspecified atom stereocenters. The van der Waals surface area contributed by atoms with Crippen LogP contribution in [0, 0.1) is 11.6 Å². The number of hydrogen-bond acceptors (Lipinski definition) is 1. The summed E-state index contributed by atoms with van der Waals surface area (Å²) in [5.41, 5.74) is 1.75. The lowest BCUT2D eigenvalue weighted by atomic mass is 10.2. The molecular formula is C18H16F2N2O. The minimum atomic E-state index is -0.357. The van der Waals surface area contributed by atoms with Crippen LogP contribution in [-0.4, -0.2) is 22.4 Å². The summed E-state index contributed by atoms with van der Waals surface area (Å²) in [4.78, 5) is 14.1. The van der Waals surface area contributed by atoms with E-state index < -0.39 is 0 Å². The Morgan fingerprint density at radius 3 is 2.57 bits per heavy atom. The van der Waals surface area contributed by atoms with Crippen molar-refractivity contribution in [1.29, 1.82) is 0 Å². The molecule has 0 aliphatic rings. The molecule has 3 aromatic rings. The predicted octanol–water partition coefficient (Wildman–Crippen LogP) is 3.73. The van der Waals surface area contributed by atoms with Gasteiger partial charge >= 0.3 is 0 Å². The van der Waals surface area contributed by atoms with Crippen LogP contribution >= 0.6 is 0 Å². The van der Waals surface area contributed by atoms with Crippen LogP contribution in [0.1, 0.15) is 16.1 Å². The Labute approximate surface area is 132 Å². The molecule has 0 aliphatic heterocycles. The fraction of sp³-hybridized carbons (Fsp3) is 0.167. The van der Waals surface area contributed by atoms with Crippen LogP contribution in [0.15, 0.2) is 48.5 Å². The number of nitrogens with zero attached hydrogens (tertiary/aromatic N) is 2. The second kappa shape index (κ2) is 5.83. The lowest BCUT2D eigenvalue weighted by Crippen LogP contribution is -2.27. The van der Waals surface area contributed by atoms with E-state index in [2.05, 4.69) is 0 Å². The first-order chi connectivity index (χ1) is 11.0. The second-order valence-electron chi connectivity index (χ2n) is 5.55. The van der Waals surface area contributed by atoms with Gasteiger partial charge in [-0.2, -0.15) is 0 Å². The summed E-state index contributed by atoms with van der Waals surface area (Å²) in [7, 11) is 3.37. The zero-order valence-electron chi connectivity index (χ0n) is 12.9. The average Bonchev–Trinajstić information content (AvgIpc) is 2.85. The van der Waals surface area contributed by atoms with Gasteiger partial charge in [0.25, 0.3) is 5.91 Å². The normalized spacial score (nSPS) is 11.0. The lowest BCUT2D eigenvalue weighted by Gasteiger charge is -2.17. The van der Waals surface area contributed by atoms with Crippen molar-refractivity contribution in [2.45, 2.75) is 6.54 Å². The number of benzene rings is 2. The van der Waals surface area contributed by atoms with Crippen LogP contribution in [0.2, 0.25) is 0 Å². The molecule has 0 bridgehead atoms. The van der Waals surface area contributed by atoms with E-state index in [1.165, 1.54) is 23.1 Å². The maximum atomic E-state index is 13.9. The smallest absolute Gasteiger partial charge is 0.270 e. The summed E-state index contributed by atoms with van der Waals surface area (Å²) in [5.74, 6) is -0.938. The lowest BCUT2D eigenvalue weighted by molar-refractivity contribution is 0.0776. The van der Waals surface area contributed by atoms with Gasteiger partial charge < -0.3 is 9.47 Å². The standard InChI is InChI=1S/C18H16F2N2O/c1-21(11-12-5-3-6-13(19)9-12)18(23)17-10-14-15(20)7-4-8-16(14)22(17)2/h3-10H,11H2,1-2H3. The average molecular weight is 314 g/mol. The van der Waals surface area contributed by atoms with Gasteiger partial charge in [-0.25, -0.2) is 8.78 Å². The van der Waals surface area contributed by atoms with Crippen molar-refractivity contribution in [3.63, 3.8) is 0 Å². The Morgan fingerprint density at radius 2 is 1.87 bits per heavy atom. The largest absolute Gasteiger partial charge is 0.340 e. The van der Waals surface area contributed by atoms with Crippen LogP contribution in [0.3, 0.4) is 0 Å². The van der Waals surface area contributed by atoms with E-state index in [9.17, 15) is 13.6 Å². The van der Waals surface area contributed by atoms with Crippen molar-refractivity contribution in [3.8, 4) is 0 Å². The van der Waals surface area contributed by atoms with Crippen LogP contribution in [0.25, 0.3) is 10.9 Å². The van der Waals surface area contributed by atoms with E-state index in [4.69, 9.17) is 0 Å². The Bertz CT molecular complexity index is 886. The van der Waals surface area contributed by atoms with Crippen molar-refractivity contribution in [3.05, 3.63) is 71.4 Å². The fourth-order valence-electron chi connectivity index (χ4n) is 2.71. The molecular weight excluding hydrogens is 298 g/mol. The number of aryl methyl sites for hydroxylation is 1. The van der Waals surface area contributed by atoms with E-state index >= 15 is 0 Å². The molecule has 0 atom stereocenters. The molecule has 1 amide bonds. The number of hydrogen-bond donors (Lipinski definition) is 0. The Hall–Kier alpha value is -2.69. The highest BCUT2D eigenvalue weighted by atomic mass is 19.1. The highest BCUT2D eigenvalue weighted by molar-refractivity contribution is 5.98. The molecule has 0 fully saturated rings. The van der Waals surface area contributed by atoms with Crippen LogP contribution in [0.5, 0.6) is 0 Å². The van der Waals surface area contributed by atoms with Crippen molar-refractivity contribution >= 4 is 16.8 Å². The van der Waals surface area contributed by atoms with Gasteiger partial charge in [0.2, 0.25) is 0 Å². The first-order valence-corrected chi connectivity index (χ1v) is 7.21. The minimum absolute atomic E-state index is 0.243. The van der Waals surface area contributed by atoms with Gasteiger partial charge in [-0.05, 0) is 35.9 Å². The SMILES string of the molecule is CN(Cc1cccc(F)c1)C(=O)c1cc2c(F)cccc2n1C. The van der Waals surface area contributed by atoms with E-state index in [1.54, 1.807) is 49.0 Å². The Kier molecular flexibility index (Phi) is 3.86. The molecule has 1 heterocycles. The monoisotopic (exact) mass is 314 g/mol. The molecule has 118 valence electrons. The van der Waals surface area contributed by atoms with Gasteiger partial charge in [0.1, 0.15) is 17.3 Å². The van der Waals surface area contributed by atoms with Crippen molar-refractivity contribution in [1.82, 2.24) is 9.47 Å². The number of carbonyl (C=O) groups is 1. The second-order valence-corrected chi connectivity index (χ2v) is 5.55. The molecule has 0 saturated heterocycles. The minimum Gasteiger partial charge on any atom is -0.340 e. The molecule has 1 aromatic heterocycles. The number of carbonyl (C=O) groups excluding carboxylic acids is 1. The summed E-state index contributed by atoms with van der Waals surface area (Å²) >= 11 is 0. The van der Waals surface area contributed by atoms with Crippen LogP contribution in [-0.2, 0) is 13.6 Å². The maximum absolute atomic E-state index is 13.9. The number of fused-ring (bicyclic) bond motifs is 1. The highest BCUT2D eigenvalue weighted by Gasteiger charge is 2.19. The molecule has 0 radical (unpaired) electrons. The summed E-state index contributed by atoms with van der Waals surface area (Å²) in [6.07, 6.45) is 0. The van der Waals surface area contributed by atoms with E-state index in [0.717, 1.165) is 0 Å². The summed E-state index contributed by atoms with van der Waals surface area (Å²) in [5, 5.41) is 0.414. The zero-order valence-corrected chi connectivity index (χ0v) is 12.9. The third-order valence-corrected chi connectivity index (χ3v) is 3.91. The highest BCUT2D eigenvalue weighted by Crippen LogP contribution is 2.22. The molecule has 0 aliphatic carbocycles. The number of halogens is 2. The number of aromatic nitrogens is 1. The fourth-order valence-corrected chi connectivity index (χ4v) is 2.71. The molecule has 0 N–H and O–H groups in total. The van der Waals surface area contributed by atoms with Crippen LogP contribution in [0.4, 0.5) is 8.78 Å². The van der Waals surface area contributed by atoms with E-state index in [1.807, 2.05) is 0 Å². The van der Waals surface area contributed by atoms with Gasteiger partial charge in [-0.1, -0.05) is 18.2 Å². The first kappa shape index (κ1) is 15.2. The molecule has 3 rings (SSSR count). The summed E-state index contributed by atoms with van der Waals surface area (Å²) in [6, 6.07) is 12.4. The third kappa shape index (κ3) is 2.82. The van der Waals surface area contributed by atoms with Crippen molar-refractivity contribution in [2.24, 2.45) is 7.05 Å². The summed E-state index contributed by atoms with van der Waals surface area (Å²) in [6.45, 7) is 0.278. The van der Waals surface area contributed by atoms with Gasteiger partial charge in [0, 0.05) is 26.0 Å². The van der Waals surface area contributed by atoms with Crippen molar-refractivity contribution < 1.29 is 13.6 Å².